The SMILES string of the molecule is COc1ccc(C(=O)[C@@H]2[C@H](c3ccccc3)C(C#N)(C#N)[C@H]3C=Cc4ccccc4N23)cc1Br. The molecule has 0 N–H and O–H groups in total. The summed E-state index contributed by atoms with van der Waals surface area (Å²) in [6.07, 6.45) is 3.83. The number of ether oxygens (including phenoxy) is 1. The number of halogens is 1. The minimum atomic E-state index is -1.45. The molecule has 1 saturated heterocycles. The summed E-state index contributed by atoms with van der Waals surface area (Å²) in [6.45, 7) is 0. The molecule has 5 rings (SSSR count). The van der Waals surface area contributed by atoms with Crippen molar-refractivity contribution in [2.75, 3.05) is 12.0 Å². The number of benzene rings is 3. The first-order chi connectivity index (χ1) is 16.6. The summed E-state index contributed by atoms with van der Waals surface area (Å²) in [6, 6.07) is 25.8. The zero-order valence-electron chi connectivity index (χ0n) is 18.4. The highest BCUT2D eigenvalue weighted by molar-refractivity contribution is 9.10. The van der Waals surface area contributed by atoms with Gasteiger partial charge in [-0.1, -0.05) is 60.7 Å². The fraction of sp³-hybridized carbons (Fsp3) is 0.179. The average Bonchev–Trinajstić information content (AvgIpc) is 3.19. The van der Waals surface area contributed by atoms with Crippen LogP contribution < -0.4 is 9.64 Å². The Kier molecular flexibility index (Phi) is 5.48. The zero-order valence-corrected chi connectivity index (χ0v) is 19.9. The van der Waals surface area contributed by atoms with Gasteiger partial charge in [0.15, 0.2) is 11.2 Å². The molecule has 0 bridgehead atoms. The monoisotopic (exact) mass is 509 g/mol. The highest BCUT2D eigenvalue weighted by Crippen LogP contribution is 2.55. The van der Waals surface area contributed by atoms with Crippen LogP contribution in [0.4, 0.5) is 5.69 Å². The van der Waals surface area contributed by atoms with Crippen molar-refractivity contribution in [2.45, 2.75) is 18.0 Å². The molecule has 166 valence electrons. The molecule has 2 aliphatic rings. The van der Waals surface area contributed by atoms with Gasteiger partial charge in [0.05, 0.1) is 29.8 Å². The van der Waals surface area contributed by atoms with Gasteiger partial charge in [-0.3, -0.25) is 4.79 Å². The summed E-state index contributed by atoms with van der Waals surface area (Å²) in [5.74, 6) is -0.187. The number of methoxy groups -OCH3 is 1. The number of carbonyl (C=O) groups is 1. The number of para-hydroxylation sites is 1. The summed E-state index contributed by atoms with van der Waals surface area (Å²) in [5, 5.41) is 20.9. The van der Waals surface area contributed by atoms with Gasteiger partial charge in [0.1, 0.15) is 11.8 Å². The van der Waals surface area contributed by atoms with E-state index in [9.17, 15) is 15.3 Å². The van der Waals surface area contributed by atoms with Crippen molar-refractivity contribution in [3.8, 4) is 17.9 Å². The Morgan fingerprint density at radius 3 is 2.41 bits per heavy atom. The molecule has 2 heterocycles. The molecule has 0 amide bonds. The maximum atomic E-state index is 14.2. The number of nitrogens with zero attached hydrogens (tertiary/aromatic N) is 3. The predicted molar refractivity (Wildman–Crippen MR) is 133 cm³/mol. The van der Waals surface area contributed by atoms with Crippen LogP contribution in [0.3, 0.4) is 0 Å². The Labute approximate surface area is 206 Å². The van der Waals surface area contributed by atoms with Gasteiger partial charge in [0.2, 0.25) is 0 Å². The van der Waals surface area contributed by atoms with Crippen LogP contribution >= 0.6 is 15.9 Å². The summed E-state index contributed by atoms with van der Waals surface area (Å²) >= 11 is 3.48. The normalized spacial score (nSPS) is 21.6. The molecule has 0 saturated carbocycles. The molecule has 0 unspecified atom stereocenters. The Balaban J connectivity index is 1.76. The van der Waals surface area contributed by atoms with Gasteiger partial charge in [0, 0.05) is 17.2 Å². The number of hydrogen-bond acceptors (Lipinski definition) is 5. The second-order valence-electron chi connectivity index (χ2n) is 8.41. The fourth-order valence-corrected chi connectivity index (χ4v) is 5.80. The van der Waals surface area contributed by atoms with Crippen LogP contribution in [0.5, 0.6) is 5.75 Å². The lowest BCUT2D eigenvalue weighted by atomic mass is 9.69. The van der Waals surface area contributed by atoms with E-state index in [4.69, 9.17) is 4.74 Å². The van der Waals surface area contributed by atoms with Crippen LogP contribution in [0.25, 0.3) is 6.08 Å². The largest absolute Gasteiger partial charge is 0.496 e. The van der Waals surface area contributed by atoms with Crippen LogP contribution in [0, 0.1) is 28.1 Å². The fourth-order valence-electron chi connectivity index (χ4n) is 5.26. The standard InChI is InChI=1S/C28H20BrN3O2/c1-34-23-13-11-20(15-21(23)29)27(33)26-25(19-8-3-2-4-9-19)28(16-30,17-31)24-14-12-18-7-5-6-10-22(18)32(24)26/h2-15,24-26H,1H3/t24-,25+,26+/m1/s1. The van der Waals surface area contributed by atoms with Crippen molar-refractivity contribution in [3.05, 3.63) is 100 Å². The maximum Gasteiger partial charge on any atom is 0.186 e. The van der Waals surface area contributed by atoms with Crippen LogP contribution in [0.15, 0.2) is 83.3 Å². The van der Waals surface area contributed by atoms with Crippen molar-refractivity contribution in [1.29, 1.82) is 10.5 Å². The predicted octanol–water partition coefficient (Wildman–Crippen LogP) is 5.74. The number of anilines is 1. The molecule has 0 aromatic heterocycles. The van der Waals surface area contributed by atoms with E-state index in [1.165, 1.54) is 0 Å². The van der Waals surface area contributed by atoms with E-state index in [0.29, 0.717) is 15.8 Å². The van der Waals surface area contributed by atoms with Crippen LogP contribution in [0.2, 0.25) is 0 Å². The van der Waals surface area contributed by atoms with E-state index in [-0.39, 0.29) is 5.78 Å². The Morgan fingerprint density at radius 2 is 1.74 bits per heavy atom. The summed E-state index contributed by atoms with van der Waals surface area (Å²) in [4.78, 5) is 16.2. The molecule has 0 aliphatic carbocycles. The second kappa shape index (κ2) is 8.48. The van der Waals surface area contributed by atoms with Crippen molar-refractivity contribution in [3.63, 3.8) is 0 Å². The lowest BCUT2D eigenvalue weighted by Gasteiger charge is -2.35. The van der Waals surface area contributed by atoms with Gasteiger partial charge in [-0.25, -0.2) is 0 Å². The van der Waals surface area contributed by atoms with Gasteiger partial charge in [0.25, 0.3) is 0 Å². The lowest BCUT2D eigenvalue weighted by Crippen LogP contribution is -2.44. The number of ketones is 1. The molecule has 1 fully saturated rings. The first-order valence-corrected chi connectivity index (χ1v) is 11.7. The van der Waals surface area contributed by atoms with Crippen molar-refractivity contribution in [1.82, 2.24) is 0 Å². The summed E-state index contributed by atoms with van der Waals surface area (Å²) in [5.41, 5.74) is 1.61. The summed E-state index contributed by atoms with van der Waals surface area (Å²) < 4.78 is 6.00. The summed E-state index contributed by atoms with van der Waals surface area (Å²) in [7, 11) is 1.57. The third kappa shape index (κ3) is 3.15. The molecule has 3 aromatic rings. The second-order valence-corrected chi connectivity index (χ2v) is 9.26. The quantitative estimate of drug-likeness (QED) is 0.419. The zero-order chi connectivity index (χ0) is 23.9. The Bertz CT molecular complexity index is 1370. The van der Waals surface area contributed by atoms with Crippen molar-refractivity contribution >= 4 is 33.5 Å². The number of rotatable bonds is 4. The molecular weight excluding hydrogens is 490 g/mol. The van der Waals surface area contributed by atoms with E-state index in [1.807, 2.05) is 71.6 Å². The lowest BCUT2D eigenvalue weighted by molar-refractivity contribution is 0.0951. The smallest absolute Gasteiger partial charge is 0.186 e. The van der Waals surface area contributed by atoms with E-state index in [1.54, 1.807) is 25.3 Å². The highest BCUT2D eigenvalue weighted by Gasteiger charge is 2.63. The molecule has 6 heteroatoms. The molecule has 34 heavy (non-hydrogen) atoms. The van der Waals surface area contributed by atoms with Gasteiger partial charge >= 0.3 is 0 Å². The van der Waals surface area contributed by atoms with Gasteiger partial charge in [-0.05, 0) is 51.3 Å². The van der Waals surface area contributed by atoms with Crippen molar-refractivity contribution < 1.29 is 9.53 Å². The molecule has 2 aliphatic heterocycles. The third-order valence-electron chi connectivity index (χ3n) is 6.78. The van der Waals surface area contributed by atoms with E-state index in [2.05, 4.69) is 28.1 Å². The molecule has 3 atom stereocenters. The van der Waals surface area contributed by atoms with Crippen LogP contribution in [-0.4, -0.2) is 25.0 Å². The number of hydrogen-bond donors (Lipinski definition) is 0. The first-order valence-electron chi connectivity index (χ1n) is 10.9. The van der Waals surface area contributed by atoms with E-state index < -0.39 is 23.4 Å². The van der Waals surface area contributed by atoms with Crippen molar-refractivity contribution in [2.24, 2.45) is 5.41 Å². The molecule has 0 radical (unpaired) electrons. The van der Waals surface area contributed by atoms with Crippen LogP contribution in [-0.2, 0) is 0 Å². The number of Topliss-reactive ketones (excluding diaryl/α,β-unsaturated/α-hetero) is 1. The Morgan fingerprint density at radius 1 is 1.03 bits per heavy atom. The number of nitriles is 2. The van der Waals surface area contributed by atoms with Gasteiger partial charge < -0.3 is 9.64 Å². The molecule has 0 spiro atoms. The third-order valence-corrected chi connectivity index (χ3v) is 7.40. The Hall–Kier alpha value is -3.87. The number of fused-ring (bicyclic) bond motifs is 3. The number of carbonyl (C=O) groups excluding carboxylic acids is 1. The highest BCUT2D eigenvalue weighted by atomic mass is 79.9. The van der Waals surface area contributed by atoms with Gasteiger partial charge in [-0.2, -0.15) is 10.5 Å². The van der Waals surface area contributed by atoms with Gasteiger partial charge in [-0.15, -0.1) is 0 Å². The minimum Gasteiger partial charge on any atom is -0.496 e. The average molecular weight is 510 g/mol. The topological polar surface area (TPSA) is 77.1 Å². The maximum absolute atomic E-state index is 14.2. The first kappa shape index (κ1) is 21.9. The molecule has 5 nitrogen and oxygen atoms in total. The minimum absolute atomic E-state index is 0.153. The van der Waals surface area contributed by atoms with E-state index in [0.717, 1.165) is 16.8 Å². The van der Waals surface area contributed by atoms with Crippen LogP contribution in [0.1, 0.15) is 27.4 Å². The molecular formula is C28H20BrN3O2. The van der Waals surface area contributed by atoms with E-state index >= 15 is 0 Å². The molecule has 3 aromatic carbocycles.